The second kappa shape index (κ2) is 5.53. The fourth-order valence-electron chi connectivity index (χ4n) is 3.65. The zero-order valence-electron chi connectivity index (χ0n) is 12.8. The predicted octanol–water partition coefficient (Wildman–Crippen LogP) is 3.79. The molecule has 1 spiro atoms. The summed E-state index contributed by atoms with van der Waals surface area (Å²) in [6.45, 7) is 1.34. The third kappa shape index (κ3) is 2.47. The van der Waals surface area contributed by atoms with Crippen molar-refractivity contribution in [2.24, 2.45) is 10.4 Å². The summed E-state index contributed by atoms with van der Waals surface area (Å²) in [7, 11) is 0. The van der Waals surface area contributed by atoms with Crippen LogP contribution in [0.3, 0.4) is 0 Å². The first-order chi connectivity index (χ1) is 11.2. The van der Waals surface area contributed by atoms with Crippen molar-refractivity contribution in [3.8, 4) is 0 Å². The van der Waals surface area contributed by atoms with Crippen molar-refractivity contribution in [1.82, 2.24) is 0 Å². The third-order valence-electron chi connectivity index (χ3n) is 5.02. The van der Waals surface area contributed by atoms with Gasteiger partial charge in [-0.15, -0.1) is 0 Å². The Balaban J connectivity index is 1.65. The molecule has 4 rings (SSSR count). The number of carbonyl (C=O) groups is 1. The zero-order chi connectivity index (χ0) is 15.9. The molecule has 1 aromatic carbocycles. The van der Waals surface area contributed by atoms with Crippen molar-refractivity contribution in [2.75, 3.05) is 13.2 Å². The number of halogens is 1. The first-order valence-corrected chi connectivity index (χ1v) is 8.04. The van der Waals surface area contributed by atoms with Crippen LogP contribution in [0, 0.1) is 11.2 Å². The van der Waals surface area contributed by atoms with Crippen molar-refractivity contribution in [3.05, 3.63) is 46.8 Å². The van der Waals surface area contributed by atoms with Gasteiger partial charge in [-0.05, 0) is 48.6 Å². The molecular formula is C19H18FNO2. The van der Waals surface area contributed by atoms with Crippen molar-refractivity contribution in [1.29, 1.82) is 0 Å². The van der Waals surface area contributed by atoms with Crippen LogP contribution in [0.1, 0.15) is 36.8 Å². The smallest absolute Gasteiger partial charge is 0.165 e. The van der Waals surface area contributed by atoms with Crippen molar-refractivity contribution >= 4 is 23.8 Å². The lowest BCUT2D eigenvalue weighted by atomic mass is 9.60. The first kappa shape index (κ1) is 14.5. The van der Waals surface area contributed by atoms with Crippen LogP contribution in [0.25, 0.3) is 11.8 Å². The van der Waals surface area contributed by atoms with Crippen molar-refractivity contribution in [3.63, 3.8) is 0 Å². The van der Waals surface area contributed by atoms with E-state index in [4.69, 9.17) is 4.74 Å². The van der Waals surface area contributed by atoms with E-state index in [1.165, 1.54) is 12.1 Å². The molecule has 1 aromatic rings. The average Bonchev–Trinajstić information content (AvgIpc) is 3.11. The Kier molecular flexibility index (Phi) is 3.49. The van der Waals surface area contributed by atoms with Gasteiger partial charge in [0.25, 0.3) is 0 Å². The summed E-state index contributed by atoms with van der Waals surface area (Å²) < 4.78 is 19.0. The van der Waals surface area contributed by atoms with E-state index in [1.807, 2.05) is 18.4 Å². The highest BCUT2D eigenvalue weighted by Crippen LogP contribution is 2.49. The SMILES string of the molecule is O=C1/C(=C/c2ccc(F)cc2C2=CCC=N2)CC12CCOCC2. The van der Waals surface area contributed by atoms with E-state index in [2.05, 4.69) is 4.99 Å². The maximum Gasteiger partial charge on any atom is 0.165 e. The fraction of sp³-hybridized carbons (Fsp3) is 0.368. The minimum Gasteiger partial charge on any atom is -0.381 e. The number of Topliss-reactive ketones (excluding diaryl/α,β-unsaturated/α-hetero) is 1. The highest BCUT2D eigenvalue weighted by Gasteiger charge is 2.50. The van der Waals surface area contributed by atoms with Crippen LogP contribution < -0.4 is 0 Å². The molecule has 1 saturated carbocycles. The van der Waals surface area contributed by atoms with E-state index in [-0.39, 0.29) is 17.0 Å². The Bertz CT molecular complexity index is 755. The molecule has 0 bridgehead atoms. The molecule has 2 heterocycles. The van der Waals surface area contributed by atoms with E-state index in [0.29, 0.717) is 13.2 Å². The van der Waals surface area contributed by atoms with Crippen LogP contribution in [0.4, 0.5) is 4.39 Å². The topological polar surface area (TPSA) is 38.7 Å². The summed E-state index contributed by atoms with van der Waals surface area (Å²) in [6.07, 6.45) is 8.89. The van der Waals surface area contributed by atoms with Crippen LogP contribution in [0.2, 0.25) is 0 Å². The Morgan fingerprint density at radius 3 is 2.78 bits per heavy atom. The summed E-state index contributed by atoms with van der Waals surface area (Å²) in [4.78, 5) is 16.9. The summed E-state index contributed by atoms with van der Waals surface area (Å²) in [5.74, 6) is -0.0500. The standard InChI is InChI=1S/C19H18FNO2/c20-15-4-3-13(16(11-15)17-2-1-7-21-17)10-14-12-19(18(14)22)5-8-23-9-6-19/h2-4,7,10-11H,1,5-6,8-9,12H2/b14-10+. The number of ketones is 1. The molecule has 0 aromatic heterocycles. The summed E-state index contributed by atoms with van der Waals surface area (Å²) in [5, 5.41) is 0. The molecule has 1 aliphatic carbocycles. The normalized spacial score (nSPS) is 24.1. The Hall–Kier alpha value is -2.07. The second-order valence-corrected chi connectivity index (χ2v) is 6.44. The molecule has 2 fully saturated rings. The molecule has 118 valence electrons. The lowest BCUT2D eigenvalue weighted by Gasteiger charge is -2.44. The van der Waals surface area contributed by atoms with E-state index in [1.54, 1.807) is 6.07 Å². The number of carbonyl (C=O) groups excluding carboxylic acids is 1. The van der Waals surface area contributed by atoms with Gasteiger partial charge in [-0.2, -0.15) is 0 Å². The van der Waals surface area contributed by atoms with Gasteiger partial charge in [0.05, 0.1) is 5.70 Å². The van der Waals surface area contributed by atoms with Gasteiger partial charge in [0.2, 0.25) is 0 Å². The molecule has 1 saturated heterocycles. The lowest BCUT2D eigenvalue weighted by molar-refractivity contribution is -0.137. The second-order valence-electron chi connectivity index (χ2n) is 6.44. The number of hydrogen-bond donors (Lipinski definition) is 0. The molecular weight excluding hydrogens is 293 g/mol. The van der Waals surface area contributed by atoms with Gasteiger partial charge in [0.15, 0.2) is 5.78 Å². The zero-order valence-corrected chi connectivity index (χ0v) is 12.8. The predicted molar refractivity (Wildman–Crippen MR) is 87.6 cm³/mol. The quantitative estimate of drug-likeness (QED) is 0.779. The number of hydrogen-bond acceptors (Lipinski definition) is 3. The highest BCUT2D eigenvalue weighted by molar-refractivity contribution is 6.10. The van der Waals surface area contributed by atoms with Gasteiger partial charge in [0, 0.05) is 36.8 Å². The van der Waals surface area contributed by atoms with Crippen LogP contribution in [0.15, 0.2) is 34.8 Å². The number of ether oxygens (including phenoxy) is 1. The number of rotatable bonds is 2. The molecule has 4 heteroatoms. The number of benzene rings is 1. The minimum atomic E-state index is -0.286. The largest absolute Gasteiger partial charge is 0.381 e. The molecule has 2 aliphatic heterocycles. The summed E-state index contributed by atoms with van der Waals surface area (Å²) in [6, 6.07) is 4.66. The van der Waals surface area contributed by atoms with E-state index in [9.17, 15) is 9.18 Å². The van der Waals surface area contributed by atoms with E-state index >= 15 is 0 Å². The van der Waals surface area contributed by atoms with E-state index < -0.39 is 0 Å². The van der Waals surface area contributed by atoms with Gasteiger partial charge in [-0.25, -0.2) is 4.39 Å². The van der Waals surface area contributed by atoms with Crippen molar-refractivity contribution < 1.29 is 13.9 Å². The molecule has 3 aliphatic rings. The molecule has 0 amide bonds. The number of allylic oxidation sites excluding steroid dienone is 2. The fourth-order valence-corrected chi connectivity index (χ4v) is 3.65. The lowest BCUT2D eigenvalue weighted by Crippen LogP contribution is -2.46. The van der Waals surface area contributed by atoms with Crippen LogP contribution >= 0.6 is 0 Å². The van der Waals surface area contributed by atoms with Gasteiger partial charge < -0.3 is 4.74 Å². The number of nitrogens with zero attached hydrogens (tertiary/aromatic N) is 1. The molecule has 0 N–H and O–H groups in total. The first-order valence-electron chi connectivity index (χ1n) is 8.04. The van der Waals surface area contributed by atoms with Crippen LogP contribution in [-0.4, -0.2) is 25.2 Å². The van der Waals surface area contributed by atoms with Crippen LogP contribution in [0.5, 0.6) is 0 Å². The average molecular weight is 311 g/mol. The molecule has 3 nitrogen and oxygen atoms in total. The molecule has 0 unspecified atom stereocenters. The van der Waals surface area contributed by atoms with E-state index in [0.717, 1.165) is 48.1 Å². The molecule has 0 radical (unpaired) electrons. The van der Waals surface area contributed by atoms with Gasteiger partial charge in [0.1, 0.15) is 5.82 Å². The number of aliphatic imine (C=N–C) groups is 1. The van der Waals surface area contributed by atoms with Gasteiger partial charge in [-0.1, -0.05) is 12.1 Å². The Labute approximate surface area is 134 Å². The maximum atomic E-state index is 13.6. The molecule has 23 heavy (non-hydrogen) atoms. The van der Waals surface area contributed by atoms with Gasteiger partial charge >= 0.3 is 0 Å². The monoisotopic (exact) mass is 311 g/mol. The molecule has 0 atom stereocenters. The summed E-state index contributed by atoms with van der Waals surface area (Å²) in [5.41, 5.74) is 3.04. The Morgan fingerprint density at radius 1 is 1.26 bits per heavy atom. The van der Waals surface area contributed by atoms with Gasteiger partial charge in [-0.3, -0.25) is 9.79 Å². The third-order valence-corrected chi connectivity index (χ3v) is 5.02. The maximum absolute atomic E-state index is 13.6. The van der Waals surface area contributed by atoms with Crippen LogP contribution in [-0.2, 0) is 9.53 Å². The highest BCUT2D eigenvalue weighted by atomic mass is 19.1. The van der Waals surface area contributed by atoms with Crippen molar-refractivity contribution in [2.45, 2.75) is 25.7 Å². The summed E-state index contributed by atoms with van der Waals surface area (Å²) >= 11 is 0. The Morgan fingerprint density at radius 2 is 2.09 bits per heavy atom. The minimum absolute atomic E-state index is 0.199.